The van der Waals surface area contributed by atoms with E-state index < -0.39 is 0 Å². The molecule has 5 nitrogen and oxygen atoms in total. The number of methoxy groups -OCH3 is 1. The van der Waals surface area contributed by atoms with Crippen LogP contribution in [0.3, 0.4) is 0 Å². The van der Waals surface area contributed by atoms with Gasteiger partial charge in [-0.1, -0.05) is 44.2 Å². The third-order valence-corrected chi connectivity index (χ3v) is 5.08. The molecule has 0 radical (unpaired) electrons. The van der Waals surface area contributed by atoms with Gasteiger partial charge in [-0.15, -0.1) is 24.8 Å². The van der Waals surface area contributed by atoms with Crippen molar-refractivity contribution in [2.45, 2.75) is 32.4 Å². The number of carbonyl (C=O) groups excluding carboxylic acids is 1. The largest absolute Gasteiger partial charge is 0.383 e. The fourth-order valence-corrected chi connectivity index (χ4v) is 3.39. The van der Waals surface area contributed by atoms with Gasteiger partial charge < -0.3 is 15.4 Å². The van der Waals surface area contributed by atoms with Crippen LogP contribution in [0.15, 0.2) is 30.3 Å². The highest BCUT2D eigenvalue weighted by molar-refractivity contribution is 5.85. The van der Waals surface area contributed by atoms with E-state index in [1.165, 1.54) is 0 Å². The molecule has 1 aromatic rings. The van der Waals surface area contributed by atoms with Gasteiger partial charge in [0.25, 0.3) is 0 Å². The second-order valence-corrected chi connectivity index (χ2v) is 6.60. The van der Waals surface area contributed by atoms with E-state index in [0.29, 0.717) is 6.04 Å². The average molecular weight is 406 g/mol. The molecule has 0 saturated carbocycles. The van der Waals surface area contributed by atoms with Crippen molar-refractivity contribution < 1.29 is 9.53 Å². The van der Waals surface area contributed by atoms with Crippen LogP contribution in [0.5, 0.6) is 0 Å². The van der Waals surface area contributed by atoms with Crippen molar-refractivity contribution in [3.05, 3.63) is 35.9 Å². The van der Waals surface area contributed by atoms with E-state index >= 15 is 0 Å². The fraction of sp³-hybridized carbons (Fsp3) is 0.632. The van der Waals surface area contributed by atoms with E-state index in [1.54, 1.807) is 7.11 Å². The van der Waals surface area contributed by atoms with E-state index in [9.17, 15) is 4.79 Å². The van der Waals surface area contributed by atoms with Crippen LogP contribution in [0.2, 0.25) is 0 Å². The lowest BCUT2D eigenvalue weighted by molar-refractivity contribution is -0.139. The molecule has 0 bridgehead atoms. The standard InChI is InChI=1S/C19H31N3O2.2ClH/c1-4-17-14-22(11-10-21(17)12-13-24-3)19(23)15(2)18(20)16-8-6-5-7-9-16;;/h5-9,15,17-18H,4,10-14,20H2,1-3H3;2*1H. The lowest BCUT2D eigenvalue weighted by Crippen LogP contribution is -2.56. The molecule has 0 aliphatic carbocycles. The zero-order valence-electron chi connectivity index (χ0n) is 16.0. The summed E-state index contributed by atoms with van der Waals surface area (Å²) >= 11 is 0. The predicted octanol–water partition coefficient (Wildman–Crippen LogP) is 2.74. The first-order chi connectivity index (χ1) is 11.6. The molecule has 1 heterocycles. The quantitative estimate of drug-likeness (QED) is 0.757. The Balaban J connectivity index is 0.00000312. The van der Waals surface area contributed by atoms with Gasteiger partial charge in [-0.2, -0.15) is 0 Å². The molecular formula is C19H33Cl2N3O2. The van der Waals surface area contributed by atoms with Crippen LogP contribution in [0.1, 0.15) is 31.9 Å². The van der Waals surface area contributed by atoms with Gasteiger partial charge in [0.2, 0.25) is 5.91 Å². The van der Waals surface area contributed by atoms with Crippen molar-refractivity contribution in [3.8, 4) is 0 Å². The summed E-state index contributed by atoms with van der Waals surface area (Å²) in [5, 5.41) is 0. The number of amides is 1. The summed E-state index contributed by atoms with van der Waals surface area (Å²) in [7, 11) is 1.73. The summed E-state index contributed by atoms with van der Waals surface area (Å²) in [6.45, 7) is 8.24. The number of nitrogens with zero attached hydrogens (tertiary/aromatic N) is 2. The Labute approximate surface area is 170 Å². The summed E-state index contributed by atoms with van der Waals surface area (Å²) < 4.78 is 5.19. The fourth-order valence-electron chi connectivity index (χ4n) is 3.39. The Morgan fingerprint density at radius 3 is 2.50 bits per heavy atom. The van der Waals surface area contributed by atoms with Crippen LogP contribution in [-0.4, -0.2) is 61.6 Å². The monoisotopic (exact) mass is 405 g/mol. The maximum absolute atomic E-state index is 12.9. The minimum atomic E-state index is -0.259. The summed E-state index contributed by atoms with van der Waals surface area (Å²) in [5.74, 6) is -0.0494. The molecule has 150 valence electrons. The van der Waals surface area contributed by atoms with Gasteiger partial charge in [-0.05, 0) is 12.0 Å². The number of piperazine rings is 1. The molecule has 0 spiro atoms. The third-order valence-electron chi connectivity index (χ3n) is 5.08. The lowest BCUT2D eigenvalue weighted by atomic mass is 9.93. The van der Waals surface area contributed by atoms with Gasteiger partial charge in [0.15, 0.2) is 0 Å². The van der Waals surface area contributed by atoms with Crippen molar-refractivity contribution in [2.24, 2.45) is 11.7 Å². The third kappa shape index (κ3) is 6.39. The van der Waals surface area contributed by atoms with Crippen molar-refractivity contribution in [1.29, 1.82) is 0 Å². The lowest BCUT2D eigenvalue weighted by Gasteiger charge is -2.42. The Hall–Kier alpha value is -0.850. The first kappa shape index (κ1) is 25.1. The van der Waals surface area contributed by atoms with E-state index in [4.69, 9.17) is 10.5 Å². The average Bonchev–Trinajstić information content (AvgIpc) is 2.65. The van der Waals surface area contributed by atoms with Gasteiger partial charge in [0.05, 0.1) is 12.5 Å². The van der Waals surface area contributed by atoms with E-state index in [1.807, 2.05) is 42.2 Å². The molecule has 1 aliphatic rings. The highest BCUT2D eigenvalue weighted by Gasteiger charge is 2.32. The molecule has 1 aromatic carbocycles. The number of hydrogen-bond acceptors (Lipinski definition) is 4. The van der Waals surface area contributed by atoms with E-state index in [-0.39, 0.29) is 42.7 Å². The molecule has 1 amide bonds. The van der Waals surface area contributed by atoms with Gasteiger partial charge in [-0.25, -0.2) is 0 Å². The summed E-state index contributed by atoms with van der Waals surface area (Å²) in [6, 6.07) is 10.0. The van der Waals surface area contributed by atoms with Crippen LogP contribution < -0.4 is 5.73 Å². The Bertz CT molecular complexity index is 519. The molecule has 3 atom stereocenters. The SMILES string of the molecule is CCC1CN(C(=O)C(C)C(N)c2ccccc2)CCN1CCOC.Cl.Cl. The highest BCUT2D eigenvalue weighted by atomic mass is 35.5. The van der Waals surface area contributed by atoms with Gasteiger partial charge >= 0.3 is 0 Å². The first-order valence-corrected chi connectivity index (χ1v) is 8.90. The van der Waals surface area contributed by atoms with Gasteiger partial charge in [-0.3, -0.25) is 9.69 Å². The first-order valence-electron chi connectivity index (χ1n) is 8.90. The number of halogens is 2. The van der Waals surface area contributed by atoms with Crippen LogP contribution in [0.25, 0.3) is 0 Å². The smallest absolute Gasteiger partial charge is 0.227 e. The topological polar surface area (TPSA) is 58.8 Å². The molecule has 1 saturated heterocycles. The van der Waals surface area contributed by atoms with Crippen LogP contribution in [0.4, 0.5) is 0 Å². The minimum Gasteiger partial charge on any atom is -0.383 e. The van der Waals surface area contributed by atoms with Crippen LogP contribution >= 0.6 is 24.8 Å². The molecule has 26 heavy (non-hydrogen) atoms. The number of ether oxygens (including phenoxy) is 1. The summed E-state index contributed by atoms with van der Waals surface area (Å²) in [4.78, 5) is 17.3. The molecule has 1 fully saturated rings. The van der Waals surface area contributed by atoms with Crippen molar-refractivity contribution in [2.75, 3.05) is 39.9 Å². The maximum Gasteiger partial charge on any atom is 0.227 e. The van der Waals surface area contributed by atoms with Crippen LogP contribution in [0, 0.1) is 5.92 Å². The molecule has 7 heteroatoms. The molecular weight excluding hydrogens is 373 g/mol. The molecule has 2 rings (SSSR count). The molecule has 2 N–H and O–H groups in total. The Morgan fingerprint density at radius 2 is 1.92 bits per heavy atom. The summed E-state index contributed by atoms with van der Waals surface area (Å²) in [5.41, 5.74) is 7.35. The number of benzene rings is 1. The van der Waals surface area contributed by atoms with Crippen molar-refractivity contribution >= 4 is 30.7 Å². The van der Waals surface area contributed by atoms with Crippen molar-refractivity contribution in [1.82, 2.24) is 9.80 Å². The number of nitrogens with two attached hydrogens (primary N) is 1. The maximum atomic E-state index is 12.9. The van der Waals surface area contributed by atoms with E-state index in [2.05, 4.69) is 11.8 Å². The van der Waals surface area contributed by atoms with Gasteiger partial charge in [0.1, 0.15) is 0 Å². The zero-order chi connectivity index (χ0) is 17.5. The normalized spacial score (nSPS) is 19.8. The number of hydrogen-bond donors (Lipinski definition) is 1. The number of rotatable bonds is 7. The van der Waals surface area contributed by atoms with Crippen LogP contribution in [-0.2, 0) is 9.53 Å². The van der Waals surface area contributed by atoms with Crippen molar-refractivity contribution in [3.63, 3.8) is 0 Å². The predicted molar refractivity (Wildman–Crippen MR) is 111 cm³/mol. The zero-order valence-corrected chi connectivity index (χ0v) is 17.6. The second kappa shape index (κ2) is 12.5. The second-order valence-electron chi connectivity index (χ2n) is 6.60. The Morgan fingerprint density at radius 1 is 1.27 bits per heavy atom. The molecule has 1 aliphatic heterocycles. The van der Waals surface area contributed by atoms with Gasteiger partial charge in [0, 0.05) is 45.4 Å². The number of carbonyl (C=O) groups is 1. The molecule has 0 aromatic heterocycles. The summed E-state index contributed by atoms with van der Waals surface area (Å²) in [6.07, 6.45) is 1.03. The molecule has 3 unspecified atom stereocenters. The van der Waals surface area contributed by atoms with E-state index in [0.717, 1.165) is 44.8 Å². The highest BCUT2D eigenvalue weighted by Crippen LogP contribution is 2.23. The Kier molecular flexibility index (Phi) is 12.1. The minimum absolute atomic E-state index is 0.